The second-order valence-corrected chi connectivity index (χ2v) is 5.08. The number of likely N-dealkylation sites (tertiary alicyclic amines) is 1. The van der Waals surface area contributed by atoms with Crippen molar-refractivity contribution in [2.45, 2.75) is 44.2 Å². The van der Waals surface area contributed by atoms with Crippen molar-refractivity contribution in [3.05, 3.63) is 12.7 Å². The number of rotatable bonds is 4. The predicted molar refractivity (Wildman–Crippen MR) is 72.1 cm³/mol. The van der Waals surface area contributed by atoms with Crippen LogP contribution in [0.25, 0.3) is 0 Å². The number of hydrogen-bond acceptors (Lipinski definition) is 2. The van der Waals surface area contributed by atoms with E-state index in [1.807, 2.05) is 0 Å². The summed E-state index contributed by atoms with van der Waals surface area (Å²) in [6.45, 7) is 6.80. The van der Waals surface area contributed by atoms with Gasteiger partial charge in [-0.15, -0.1) is 6.58 Å². The molecule has 1 heterocycles. The largest absolute Gasteiger partial charge is 0.370 e. The zero-order valence-corrected chi connectivity index (χ0v) is 10.6. The van der Waals surface area contributed by atoms with Crippen molar-refractivity contribution in [1.82, 2.24) is 10.2 Å². The molecule has 0 unspecified atom stereocenters. The minimum Gasteiger partial charge on any atom is -0.370 e. The van der Waals surface area contributed by atoms with Gasteiger partial charge in [0.1, 0.15) is 0 Å². The summed E-state index contributed by atoms with van der Waals surface area (Å²) in [5.41, 5.74) is 5.77. The average Bonchev–Trinajstić information content (AvgIpc) is 2.31. The van der Waals surface area contributed by atoms with Gasteiger partial charge in [0.2, 0.25) is 0 Å². The molecule has 2 aliphatic rings. The summed E-state index contributed by atoms with van der Waals surface area (Å²) in [5.74, 6) is 0.562. The number of nitrogens with zero attached hydrogens (tertiary/aromatic N) is 2. The van der Waals surface area contributed by atoms with Gasteiger partial charge in [-0.25, -0.2) is 4.99 Å². The highest BCUT2D eigenvalue weighted by atomic mass is 15.2. The van der Waals surface area contributed by atoms with E-state index in [0.29, 0.717) is 18.5 Å². The molecule has 0 atom stereocenters. The highest BCUT2D eigenvalue weighted by molar-refractivity contribution is 5.78. The van der Waals surface area contributed by atoms with Gasteiger partial charge >= 0.3 is 0 Å². The average molecular weight is 236 g/mol. The first-order chi connectivity index (χ1) is 8.29. The highest BCUT2D eigenvalue weighted by Crippen LogP contribution is 2.27. The van der Waals surface area contributed by atoms with Crippen LogP contribution >= 0.6 is 0 Å². The molecule has 0 aromatic heterocycles. The van der Waals surface area contributed by atoms with E-state index in [9.17, 15) is 0 Å². The Morgan fingerprint density at radius 2 is 2.06 bits per heavy atom. The topological polar surface area (TPSA) is 53.6 Å². The first-order valence-electron chi connectivity index (χ1n) is 6.71. The van der Waals surface area contributed by atoms with Gasteiger partial charge < -0.3 is 16.0 Å². The fourth-order valence-electron chi connectivity index (χ4n) is 2.71. The van der Waals surface area contributed by atoms with E-state index in [1.54, 1.807) is 6.08 Å². The molecule has 0 bridgehead atoms. The van der Waals surface area contributed by atoms with Gasteiger partial charge in [0, 0.05) is 12.1 Å². The van der Waals surface area contributed by atoms with E-state index >= 15 is 0 Å². The Kier molecular flexibility index (Phi) is 4.42. The molecule has 0 amide bonds. The second-order valence-electron chi connectivity index (χ2n) is 5.08. The van der Waals surface area contributed by atoms with Crippen molar-refractivity contribution >= 4 is 5.96 Å². The number of nitrogens with one attached hydrogen (secondary N) is 1. The second kappa shape index (κ2) is 6.05. The molecule has 4 nitrogen and oxygen atoms in total. The van der Waals surface area contributed by atoms with E-state index < -0.39 is 0 Å². The van der Waals surface area contributed by atoms with Gasteiger partial charge in [-0.05, 0) is 38.8 Å². The van der Waals surface area contributed by atoms with Crippen LogP contribution in [-0.4, -0.2) is 42.6 Å². The first kappa shape index (κ1) is 12.4. The molecule has 2 rings (SSSR count). The number of guanidine groups is 1. The van der Waals surface area contributed by atoms with E-state index in [1.165, 1.54) is 45.2 Å². The summed E-state index contributed by atoms with van der Waals surface area (Å²) in [6.07, 6.45) is 8.33. The van der Waals surface area contributed by atoms with Crippen molar-refractivity contribution in [3.8, 4) is 0 Å². The predicted octanol–water partition coefficient (Wildman–Crippen LogP) is 1.09. The van der Waals surface area contributed by atoms with Gasteiger partial charge in [0.05, 0.1) is 6.54 Å². The van der Waals surface area contributed by atoms with E-state index in [-0.39, 0.29) is 0 Å². The molecule has 1 aliphatic carbocycles. The first-order valence-corrected chi connectivity index (χ1v) is 6.71. The molecule has 1 saturated carbocycles. The van der Waals surface area contributed by atoms with E-state index in [4.69, 9.17) is 5.73 Å². The molecule has 2 fully saturated rings. The lowest BCUT2D eigenvalue weighted by molar-refractivity contribution is 0.0846. The summed E-state index contributed by atoms with van der Waals surface area (Å²) in [5, 5.41) is 3.27. The number of aliphatic imine (C=N–C) groups is 1. The molecule has 0 radical (unpaired) electrons. The minimum absolute atomic E-state index is 0.524. The van der Waals surface area contributed by atoms with Gasteiger partial charge in [0.15, 0.2) is 5.96 Å². The fraction of sp³-hybridized carbons (Fsp3) is 0.769. The fourth-order valence-corrected chi connectivity index (χ4v) is 2.71. The number of piperidine rings is 1. The summed E-state index contributed by atoms with van der Waals surface area (Å²) >= 11 is 0. The summed E-state index contributed by atoms with van der Waals surface area (Å²) in [4.78, 5) is 6.79. The third kappa shape index (κ3) is 3.46. The Morgan fingerprint density at radius 1 is 1.35 bits per heavy atom. The molecular formula is C13H24N4. The molecule has 17 heavy (non-hydrogen) atoms. The van der Waals surface area contributed by atoms with Crippen molar-refractivity contribution in [3.63, 3.8) is 0 Å². The Balaban J connectivity index is 1.66. The van der Waals surface area contributed by atoms with Crippen LogP contribution in [0.3, 0.4) is 0 Å². The standard InChI is InChI=1S/C13H24N4/c1-2-6-15-13(14)16-11-9-12(10-11)17-7-4-3-5-8-17/h2,11-12H,1,3-10H2,(H3,14,15,16). The molecule has 1 aliphatic heterocycles. The monoisotopic (exact) mass is 236 g/mol. The van der Waals surface area contributed by atoms with Crippen LogP contribution in [0.1, 0.15) is 32.1 Å². The maximum absolute atomic E-state index is 5.77. The quantitative estimate of drug-likeness (QED) is 0.436. The third-order valence-corrected chi connectivity index (χ3v) is 3.76. The van der Waals surface area contributed by atoms with Gasteiger partial charge in [-0.1, -0.05) is 12.5 Å². The Bertz CT molecular complexity index is 275. The van der Waals surface area contributed by atoms with E-state index in [0.717, 1.165) is 6.04 Å². The molecular weight excluding hydrogens is 212 g/mol. The van der Waals surface area contributed by atoms with Crippen LogP contribution in [0, 0.1) is 0 Å². The zero-order chi connectivity index (χ0) is 12.1. The molecule has 0 spiro atoms. The van der Waals surface area contributed by atoms with Crippen LogP contribution < -0.4 is 11.1 Å². The van der Waals surface area contributed by atoms with Crippen molar-refractivity contribution in [1.29, 1.82) is 0 Å². The van der Waals surface area contributed by atoms with E-state index in [2.05, 4.69) is 21.8 Å². The SMILES string of the molecule is C=CCN=C(N)NC1CC(N2CCCCC2)C1. The lowest BCUT2D eigenvalue weighted by atomic mass is 9.84. The minimum atomic E-state index is 0.524. The van der Waals surface area contributed by atoms with Crippen LogP contribution in [0.15, 0.2) is 17.6 Å². The molecule has 0 aromatic carbocycles. The lowest BCUT2D eigenvalue weighted by Gasteiger charge is -2.44. The maximum atomic E-state index is 5.77. The Labute approximate surface area is 104 Å². The molecule has 1 saturated heterocycles. The lowest BCUT2D eigenvalue weighted by Crippen LogP contribution is -2.56. The normalized spacial score (nSPS) is 30.7. The number of nitrogens with two attached hydrogens (primary N) is 1. The Morgan fingerprint density at radius 3 is 2.71 bits per heavy atom. The third-order valence-electron chi connectivity index (χ3n) is 3.76. The molecule has 0 aromatic rings. The van der Waals surface area contributed by atoms with Crippen molar-refractivity contribution < 1.29 is 0 Å². The highest BCUT2D eigenvalue weighted by Gasteiger charge is 2.34. The smallest absolute Gasteiger partial charge is 0.189 e. The molecule has 4 heteroatoms. The molecule has 96 valence electrons. The van der Waals surface area contributed by atoms with Crippen LogP contribution in [0.2, 0.25) is 0 Å². The summed E-state index contributed by atoms with van der Waals surface area (Å²) in [7, 11) is 0. The van der Waals surface area contributed by atoms with Crippen LogP contribution in [0.5, 0.6) is 0 Å². The van der Waals surface area contributed by atoms with Crippen LogP contribution in [-0.2, 0) is 0 Å². The molecule has 3 N–H and O–H groups in total. The summed E-state index contributed by atoms with van der Waals surface area (Å²) in [6, 6.07) is 1.30. The maximum Gasteiger partial charge on any atom is 0.189 e. The van der Waals surface area contributed by atoms with Gasteiger partial charge in [-0.3, -0.25) is 0 Å². The van der Waals surface area contributed by atoms with Crippen molar-refractivity contribution in [2.24, 2.45) is 10.7 Å². The van der Waals surface area contributed by atoms with Crippen LogP contribution in [0.4, 0.5) is 0 Å². The van der Waals surface area contributed by atoms with Crippen molar-refractivity contribution in [2.75, 3.05) is 19.6 Å². The zero-order valence-electron chi connectivity index (χ0n) is 10.6. The Hall–Kier alpha value is -1.03. The van der Waals surface area contributed by atoms with Gasteiger partial charge in [0.25, 0.3) is 0 Å². The summed E-state index contributed by atoms with van der Waals surface area (Å²) < 4.78 is 0. The number of hydrogen-bond donors (Lipinski definition) is 2. The van der Waals surface area contributed by atoms with Gasteiger partial charge in [-0.2, -0.15) is 0 Å².